The lowest BCUT2D eigenvalue weighted by atomic mass is 9.72. The summed E-state index contributed by atoms with van der Waals surface area (Å²) in [6.07, 6.45) is 3.97. The van der Waals surface area contributed by atoms with Crippen LogP contribution in [0.3, 0.4) is 0 Å². The summed E-state index contributed by atoms with van der Waals surface area (Å²) in [5.41, 5.74) is 0.530. The first-order valence-corrected chi connectivity index (χ1v) is 5.30. The molecule has 0 spiro atoms. The summed E-state index contributed by atoms with van der Waals surface area (Å²) >= 11 is 0. The number of nitrogens with one attached hydrogen (secondary N) is 1. The Hall–Kier alpha value is -0.0800. The third-order valence-electron chi connectivity index (χ3n) is 3.39. The Labute approximate surface area is 82.7 Å². The molecule has 2 nitrogen and oxygen atoms in total. The van der Waals surface area contributed by atoms with Gasteiger partial charge in [-0.05, 0) is 45.8 Å². The lowest BCUT2D eigenvalue weighted by Crippen LogP contribution is -2.51. The molecule has 1 aliphatic rings. The molecule has 1 saturated carbocycles. The number of hydrogen-bond donors (Lipinski definition) is 1. The summed E-state index contributed by atoms with van der Waals surface area (Å²) in [6.45, 7) is 4.77. The molecule has 0 aromatic heterocycles. The lowest BCUT2D eigenvalue weighted by Gasteiger charge is -2.43. The largest absolute Gasteiger partial charge is 0.315 e. The molecule has 0 heterocycles. The molecule has 1 fully saturated rings. The van der Waals surface area contributed by atoms with E-state index in [-0.39, 0.29) is 0 Å². The molecule has 2 unspecified atom stereocenters. The van der Waals surface area contributed by atoms with Crippen LogP contribution in [-0.4, -0.2) is 38.1 Å². The van der Waals surface area contributed by atoms with Gasteiger partial charge in [0.1, 0.15) is 0 Å². The predicted molar refractivity (Wildman–Crippen MR) is 58.0 cm³/mol. The average Bonchev–Trinajstić information content (AvgIpc) is 2.03. The first kappa shape index (κ1) is 11.0. The predicted octanol–water partition coefficient (Wildman–Crippen LogP) is 1.71. The van der Waals surface area contributed by atoms with E-state index in [2.05, 4.69) is 45.2 Å². The molecule has 0 bridgehead atoms. The molecular formula is C11H24N2. The summed E-state index contributed by atoms with van der Waals surface area (Å²) < 4.78 is 0. The van der Waals surface area contributed by atoms with Crippen molar-refractivity contribution in [2.45, 2.75) is 45.2 Å². The van der Waals surface area contributed by atoms with Crippen molar-refractivity contribution in [3.8, 4) is 0 Å². The molecule has 2 heteroatoms. The van der Waals surface area contributed by atoms with E-state index in [0.717, 1.165) is 0 Å². The number of likely N-dealkylation sites (N-methyl/N-ethyl adjacent to an activating group) is 2. The molecule has 1 N–H and O–H groups in total. The topological polar surface area (TPSA) is 15.3 Å². The fourth-order valence-electron chi connectivity index (χ4n) is 2.43. The summed E-state index contributed by atoms with van der Waals surface area (Å²) in [4.78, 5) is 2.36. The summed E-state index contributed by atoms with van der Waals surface area (Å²) in [5.74, 6) is 0. The highest BCUT2D eigenvalue weighted by Crippen LogP contribution is 2.36. The molecule has 0 aliphatic heterocycles. The van der Waals surface area contributed by atoms with E-state index in [1.54, 1.807) is 0 Å². The van der Waals surface area contributed by atoms with Crippen LogP contribution in [0.5, 0.6) is 0 Å². The highest BCUT2D eigenvalue weighted by Gasteiger charge is 2.34. The highest BCUT2D eigenvalue weighted by molar-refractivity contribution is 4.92. The monoisotopic (exact) mass is 184 g/mol. The molecule has 1 aliphatic carbocycles. The van der Waals surface area contributed by atoms with Crippen LogP contribution < -0.4 is 5.32 Å². The first-order valence-electron chi connectivity index (χ1n) is 5.30. The van der Waals surface area contributed by atoms with Crippen LogP contribution in [0.4, 0.5) is 0 Å². The van der Waals surface area contributed by atoms with Crippen LogP contribution in [0.1, 0.15) is 33.1 Å². The Balaban J connectivity index is 2.63. The summed E-state index contributed by atoms with van der Waals surface area (Å²) in [6, 6.07) is 1.39. The second kappa shape index (κ2) is 3.97. The zero-order valence-corrected chi connectivity index (χ0v) is 9.72. The Morgan fingerprint density at radius 2 is 1.92 bits per heavy atom. The van der Waals surface area contributed by atoms with Crippen LogP contribution in [0.15, 0.2) is 0 Å². The Kier molecular flexibility index (Phi) is 3.36. The fourth-order valence-corrected chi connectivity index (χ4v) is 2.43. The third-order valence-corrected chi connectivity index (χ3v) is 3.39. The van der Waals surface area contributed by atoms with E-state index in [1.807, 2.05) is 0 Å². The second-order valence-electron chi connectivity index (χ2n) is 5.33. The smallest absolute Gasteiger partial charge is 0.0248 e. The quantitative estimate of drug-likeness (QED) is 0.703. The highest BCUT2D eigenvalue weighted by atomic mass is 15.1. The molecule has 0 aromatic carbocycles. The lowest BCUT2D eigenvalue weighted by molar-refractivity contribution is 0.101. The van der Waals surface area contributed by atoms with Crippen LogP contribution in [-0.2, 0) is 0 Å². The van der Waals surface area contributed by atoms with Gasteiger partial charge in [0.2, 0.25) is 0 Å². The fraction of sp³-hybridized carbons (Fsp3) is 1.00. The van der Waals surface area contributed by atoms with E-state index < -0.39 is 0 Å². The minimum atomic E-state index is 0.530. The van der Waals surface area contributed by atoms with E-state index in [4.69, 9.17) is 0 Å². The van der Waals surface area contributed by atoms with Gasteiger partial charge in [0.05, 0.1) is 0 Å². The maximum absolute atomic E-state index is 3.43. The van der Waals surface area contributed by atoms with Gasteiger partial charge >= 0.3 is 0 Å². The SMILES string of the molecule is CNC1CCC(C)(C)CC1N(C)C. The molecule has 0 saturated heterocycles. The average molecular weight is 184 g/mol. The van der Waals surface area contributed by atoms with E-state index in [0.29, 0.717) is 17.5 Å². The van der Waals surface area contributed by atoms with Crippen molar-refractivity contribution in [3.05, 3.63) is 0 Å². The van der Waals surface area contributed by atoms with Gasteiger partial charge in [-0.3, -0.25) is 0 Å². The molecule has 0 amide bonds. The van der Waals surface area contributed by atoms with E-state index in [9.17, 15) is 0 Å². The molecule has 0 aromatic rings. The van der Waals surface area contributed by atoms with Gasteiger partial charge in [0, 0.05) is 12.1 Å². The Morgan fingerprint density at radius 3 is 2.38 bits per heavy atom. The van der Waals surface area contributed by atoms with Gasteiger partial charge in [-0.1, -0.05) is 13.8 Å². The summed E-state index contributed by atoms with van der Waals surface area (Å²) in [5, 5.41) is 3.43. The van der Waals surface area contributed by atoms with Crippen LogP contribution in [0.25, 0.3) is 0 Å². The Morgan fingerprint density at radius 1 is 1.31 bits per heavy atom. The normalized spacial score (nSPS) is 33.7. The zero-order valence-electron chi connectivity index (χ0n) is 9.72. The van der Waals surface area contributed by atoms with Gasteiger partial charge in [0.15, 0.2) is 0 Å². The van der Waals surface area contributed by atoms with Crippen molar-refractivity contribution >= 4 is 0 Å². The maximum Gasteiger partial charge on any atom is 0.0248 e. The van der Waals surface area contributed by atoms with Gasteiger partial charge in [-0.2, -0.15) is 0 Å². The van der Waals surface area contributed by atoms with Crippen molar-refractivity contribution in [3.63, 3.8) is 0 Å². The molecular weight excluding hydrogens is 160 g/mol. The van der Waals surface area contributed by atoms with Gasteiger partial charge < -0.3 is 10.2 Å². The van der Waals surface area contributed by atoms with Crippen molar-refractivity contribution in [1.29, 1.82) is 0 Å². The molecule has 13 heavy (non-hydrogen) atoms. The van der Waals surface area contributed by atoms with Crippen molar-refractivity contribution in [1.82, 2.24) is 10.2 Å². The number of nitrogens with zero attached hydrogens (tertiary/aromatic N) is 1. The maximum atomic E-state index is 3.43. The van der Waals surface area contributed by atoms with Crippen LogP contribution >= 0.6 is 0 Å². The molecule has 2 atom stereocenters. The van der Waals surface area contributed by atoms with Gasteiger partial charge in [-0.25, -0.2) is 0 Å². The van der Waals surface area contributed by atoms with Crippen LogP contribution in [0, 0.1) is 5.41 Å². The van der Waals surface area contributed by atoms with Crippen molar-refractivity contribution in [2.24, 2.45) is 5.41 Å². The molecule has 0 radical (unpaired) electrons. The summed E-state index contributed by atoms with van der Waals surface area (Å²) in [7, 11) is 6.46. The standard InChI is InChI=1S/C11H24N2/c1-11(2)7-6-9(12-3)10(8-11)13(4)5/h9-10,12H,6-8H2,1-5H3. The van der Waals surface area contributed by atoms with E-state index >= 15 is 0 Å². The van der Waals surface area contributed by atoms with Gasteiger partial charge in [-0.15, -0.1) is 0 Å². The third kappa shape index (κ3) is 2.68. The Bertz CT molecular complexity index is 163. The zero-order chi connectivity index (χ0) is 10.1. The first-order chi connectivity index (χ1) is 5.96. The van der Waals surface area contributed by atoms with Crippen LogP contribution in [0.2, 0.25) is 0 Å². The van der Waals surface area contributed by atoms with Gasteiger partial charge in [0.25, 0.3) is 0 Å². The molecule has 78 valence electrons. The van der Waals surface area contributed by atoms with Crippen molar-refractivity contribution < 1.29 is 0 Å². The minimum absolute atomic E-state index is 0.530. The van der Waals surface area contributed by atoms with Crippen molar-refractivity contribution in [2.75, 3.05) is 21.1 Å². The molecule has 1 rings (SSSR count). The second-order valence-corrected chi connectivity index (χ2v) is 5.33. The van der Waals surface area contributed by atoms with E-state index in [1.165, 1.54) is 19.3 Å². The number of rotatable bonds is 2. The minimum Gasteiger partial charge on any atom is -0.315 e. The number of hydrogen-bond acceptors (Lipinski definition) is 2.